The fourth-order valence-corrected chi connectivity index (χ4v) is 2.39. The Morgan fingerprint density at radius 2 is 2.10 bits per heavy atom. The zero-order chi connectivity index (χ0) is 14.5. The summed E-state index contributed by atoms with van der Waals surface area (Å²) >= 11 is 0. The van der Waals surface area contributed by atoms with Crippen LogP contribution < -0.4 is 5.32 Å². The third kappa shape index (κ3) is 3.45. The van der Waals surface area contributed by atoms with Crippen molar-refractivity contribution in [2.75, 3.05) is 6.54 Å². The first-order valence-electron chi connectivity index (χ1n) is 7.30. The van der Waals surface area contributed by atoms with Crippen molar-refractivity contribution in [3.05, 3.63) is 47.5 Å². The van der Waals surface area contributed by atoms with Crippen molar-refractivity contribution in [1.29, 1.82) is 0 Å². The van der Waals surface area contributed by atoms with Gasteiger partial charge in [-0.05, 0) is 45.0 Å². The van der Waals surface area contributed by atoms with Gasteiger partial charge in [0.15, 0.2) is 0 Å². The van der Waals surface area contributed by atoms with Gasteiger partial charge in [-0.2, -0.15) is 5.10 Å². The SMILES string of the molecule is CCNC(Cc1ccn(C(C)C)n1)c1cccnc1C. The molecule has 0 radical (unpaired) electrons. The van der Waals surface area contributed by atoms with Gasteiger partial charge in [0.25, 0.3) is 0 Å². The van der Waals surface area contributed by atoms with Crippen molar-refractivity contribution in [1.82, 2.24) is 20.1 Å². The fourth-order valence-electron chi connectivity index (χ4n) is 2.39. The molecule has 0 aliphatic heterocycles. The second-order valence-corrected chi connectivity index (χ2v) is 5.37. The Morgan fingerprint density at radius 1 is 1.30 bits per heavy atom. The van der Waals surface area contributed by atoms with Crippen LogP contribution in [0.1, 0.15) is 49.8 Å². The molecule has 2 heterocycles. The molecule has 1 N–H and O–H groups in total. The number of hydrogen-bond acceptors (Lipinski definition) is 3. The standard InChI is InChI=1S/C16H24N4/c1-5-17-16(15-7-6-9-18-13(15)4)11-14-8-10-20(19-14)12(2)3/h6-10,12,16-17H,5,11H2,1-4H3. The monoisotopic (exact) mass is 272 g/mol. The van der Waals surface area contributed by atoms with Crippen molar-refractivity contribution in [2.24, 2.45) is 0 Å². The molecule has 2 aromatic rings. The molecule has 0 saturated heterocycles. The van der Waals surface area contributed by atoms with E-state index in [1.807, 2.05) is 16.9 Å². The first-order chi connectivity index (χ1) is 9.61. The molecule has 0 saturated carbocycles. The second-order valence-electron chi connectivity index (χ2n) is 5.37. The molecule has 1 unspecified atom stereocenters. The number of pyridine rings is 1. The van der Waals surface area contributed by atoms with Gasteiger partial charge < -0.3 is 5.32 Å². The van der Waals surface area contributed by atoms with Crippen molar-refractivity contribution >= 4 is 0 Å². The van der Waals surface area contributed by atoms with Crippen molar-refractivity contribution < 1.29 is 0 Å². The van der Waals surface area contributed by atoms with E-state index in [0.29, 0.717) is 6.04 Å². The first kappa shape index (κ1) is 14.7. The van der Waals surface area contributed by atoms with E-state index in [1.54, 1.807) is 0 Å². The minimum atomic E-state index is 0.268. The summed E-state index contributed by atoms with van der Waals surface area (Å²) in [6.45, 7) is 9.41. The highest BCUT2D eigenvalue weighted by Gasteiger charge is 2.15. The third-order valence-electron chi connectivity index (χ3n) is 3.48. The number of hydrogen-bond donors (Lipinski definition) is 1. The number of nitrogens with zero attached hydrogens (tertiary/aromatic N) is 3. The minimum absolute atomic E-state index is 0.268. The fraction of sp³-hybridized carbons (Fsp3) is 0.500. The van der Waals surface area contributed by atoms with E-state index in [-0.39, 0.29) is 6.04 Å². The number of rotatable bonds is 6. The molecular formula is C16H24N4. The molecule has 0 aliphatic carbocycles. The van der Waals surface area contributed by atoms with Gasteiger partial charge in [-0.3, -0.25) is 9.67 Å². The number of aromatic nitrogens is 3. The zero-order valence-corrected chi connectivity index (χ0v) is 12.8. The van der Waals surface area contributed by atoms with Gasteiger partial charge in [-0.1, -0.05) is 13.0 Å². The maximum atomic E-state index is 4.64. The number of likely N-dealkylation sites (N-methyl/N-ethyl adjacent to an activating group) is 1. The number of nitrogens with one attached hydrogen (secondary N) is 1. The average Bonchev–Trinajstić information content (AvgIpc) is 2.88. The molecule has 108 valence electrons. The van der Waals surface area contributed by atoms with Crippen LogP contribution in [0.15, 0.2) is 30.6 Å². The summed E-state index contributed by atoms with van der Waals surface area (Å²) in [6, 6.07) is 6.93. The Hall–Kier alpha value is -1.68. The lowest BCUT2D eigenvalue weighted by molar-refractivity contribution is 0.505. The van der Waals surface area contributed by atoms with E-state index >= 15 is 0 Å². The Morgan fingerprint density at radius 3 is 2.70 bits per heavy atom. The topological polar surface area (TPSA) is 42.7 Å². The molecule has 0 aliphatic rings. The molecule has 0 fully saturated rings. The van der Waals surface area contributed by atoms with Gasteiger partial charge in [0.1, 0.15) is 0 Å². The zero-order valence-electron chi connectivity index (χ0n) is 12.8. The van der Waals surface area contributed by atoms with Crippen LogP contribution in [0.2, 0.25) is 0 Å². The van der Waals surface area contributed by atoms with Crippen LogP contribution in [0, 0.1) is 6.92 Å². The summed E-state index contributed by atoms with van der Waals surface area (Å²) in [7, 11) is 0. The lowest BCUT2D eigenvalue weighted by Crippen LogP contribution is -2.24. The maximum Gasteiger partial charge on any atom is 0.0643 e. The summed E-state index contributed by atoms with van der Waals surface area (Å²) in [6.07, 6.45) is 4.79. The average molecular weight is 272 g/mol. The molecule has 20 heavy (non-hydrogen) atoms. The van der Waals surface area contributed by atoms with Crippen LogP contribution in [-0.2, 0) is 6.42 Å². The van der Waals surface area contributed by atoms with Gasteiger partial charge in [-0.25, -0.2) is 0 Å². The van der Waals surface area contributed by atoms with Crippen molar-refractivity contribution in [3.8, 4) is 0 Å². The molecule has 0 aromatic carbocycles. The van der Waals surface area contributed by atoms with Crippen LogP contribution in [0.5, 0.6) is 0 Å². The Balaban J connectivity index is 2.19. The van der Waals surface area contributed by atoms with Gasteiger partial charge in [0.05, 0.1) is 5.69 Å². The largest absolute Gasteiger partial charge is 0.310 e. The quantitative estimate of drug-likeness (QED) is 0.879. The van der Waals surface area contributed by atoms with Crippen LogP contribution in [0.4, 0.5) is 0 Å². The van der Waals surface area contributed by atoms with E-state index in [2.05, 4.69) is 61.4 Å². The lowest BCUT2D eigenvalue weighted by atomic mass is 10.0. The molecule has 4 nitrogen and oxygen atoms in total. The summed E-state index contributed by atoms with van der Waals surface area (Å²) < 4.78 is 2.01. The summed E-state index contributed by atoms with van der Waals surface area (Å²) in [4.78, 5) is 4.39. The van der Waals surface area contributed by atoms with Crippen LogP contribution in [-0.4, -0.2) is 21.3 Å². The Labute approximate surface area is 121 Å². The summed E-state index contributed by atoms with van der Waals surface area (Å²) in [5, 5.41) is 8.18. The van der Waals surface area contributed by atoms with E-state index in [4.69, 9.17) is 0 Å². The highest BCUT2D eigenvalue weighted by atomic mass is 15.3. The highest BCUT2D eigenvalue weighted by molar-refractivity contribution is 5.24. The Kier molecular flexibility index (Phi) is 4.90. The maximum absolute atomic E-state index is 4.64. The smallest absolute Gasteiger partial charge is 0.0643 e. The summed E-state index contributed by atoms with van der Waals surface area (Å²) in [5.41, 5.74) is 3.46. The lowest BCUT2D eigenvalue weighted by Gasteiger charge is -2.18. The third-order valence-corrected chi connectivity index (χ3v) is 3.48. The predicted octanol–water partition coefficient (Wildman–Crippen LogP) is 3.06. The normalized spacial score (nSPS) is 12.8. The van der Waals surface area contributed by atoms with Gasteiger partial charge >= 0.3 is 0 Å². The molecule has 0 amide bonds. The molecule has 2 rings (SSSR count). The van der Waals surface area contributed by atoms with E-state index < -0.39 is 0 Å². The Bertz CT molecular complexity index is 545. The van der Waals surface area contributed by atoms with Crippen LogP contribution in [0.3, 0.4) is 0 Å². The first-order valence-corrected chi connectivity index (χ1v) is 7.30. The molecule has 0 spiro atoms. The van der Waals surface area contributed by atoms with Crippen molar-refractivity contribution in [3.63, 3.8) is 0 Å². The van der Waals surface area contributed by atoms with E-state index in [9.17, 15) is 0 Å². The highest BCUT2D eigenvalue weighted by Crippen LogP contribution is 2.20. The number of aryl methyl sites for hydroxylation is 1. The second kappa shape index (κ2) is 6.66. The molecule has 0 bridgehead atoms. The van der Waals surface area contributed by atoms with Crippen LogP contribution in [0.25, 0.3) is 0 Å². The van der Waals surface area contributed by atoms with Gasteiger partial charge in [0.2, 0.25) is 0 Å². The molecule has 4 heteroatoms. The van der Waals surface area contributed by atoms with Crippen LogP contribution >= 0.6 is 0 Å². The van der Waals surface area contributed by atoms with E-state index in [1.165, 1.54) is 5.56 Å². The van der Waals surface area contributed by atoms with Crippen molar-refractivity contribution in [2.45, 2.75) is 46.2 Å². The van der Waals surface area contributed by atoms with E-state index in [0.717, 1.165) is 24.4 Å². The molecule has 1 atom stereocenters. The molecule has 2 aromatic heterocycles. The summed E-state index contributed by atoms with van der Waals surface area (Å²) in [5.74, 6) is 0. The van der Waals surface area contributed by atoms with Gasteiger partial charge in [0, 0.05) is 36.6 Å². The predicted molar refractivity (Wildman–Crippen MR) is 81.7 cm³/mol. The van der Waals surface area contributed by atoms with Gasteiger partial charge in [-0.15, -0.1) is 0 Å². The minimum Gasteiger partial charge on any atom is -0.310 e. The molecular weight excluding hydrogens is 248 g/mol.